The highest BCUT2D eigenvalue weighted by Crippen LogP contribution is 2.33. The van der Waals surface area contributed by atoms with Crippen molar-refractivity contribution < 1.29 is 13.9 Å². The van der Waals surface area contributed by atoms with Crippen LogP contribution >= 0.6 is 11.6 Å². The van der Waals surface area contributed by atoms with E-state index in [1.165, 1.54) is 6.07 Å². The Balaban J connectivity index is 1.94. The molecule has 1 aromatic heterocycles. The van der Waals surface area contributed by atoms with E-state index in [0.29, 0.717) is 21.7 Å². The highest BCUT2D eigenvalue weighted by atomic mass is 35.5. The molecule has 0 bridgehead atoms. The largest absolute Gasteiger partial charge is 0.452 e. The minimum atomic E-state index is -0.636. The van der Waals surface area contributed by atoms with Crippen molar-refractivity contribution in [1.82, 2.24) is 0 Å². The monoisotopic (exact) mass is 390 g/mol. The second-order valence-electron chi connectivity index (χ2n) is 6.31. The Morgan fingerprint density at radius 3 is 2.29 bits per heavy atom. The summed E-state index contributed by atoms with van der Waals surface area (Å²) in [5.41, 5.74) is 1.68. The summed E-state index contributed by atoms with van der Waals surface area (Å²) in [6.45, 7) is 1.83. The normalized spacial score (nSPS) is 10.8. The van der Waals surface area contributed by atoms with Gasteiger partial charge in [-0.3, -0.25) is 4.79 Å². The average molecular weight is 391 g/mol. The zero-order chi connectivity index (χ0) is 19.7. The molecule has 5 heteroatoms. The third-order valence-electron chi connectivity index (χ3n) is 4.37. The highest BCUT2D eigenvalue weighted by molar-refractivity contribution is 6.32. The van der Waals surface area contributed by atoms with Gasteiger partial charge in [0.25, 0.3) is 0 Å². The van der Waals surface area contributed by atoms with E-state index in [4.69, 9.17) is 20.8 Å². The number of esters is 1. The molecule has 0 fully saturated rings. The number of carbonyl (C=O) groups excluding carboxylic acids is 1. The Labute approximate surface area is 166 Å². The molecule has 4 nitrogen and oxygen atoms in total. The maximum Gasteiger partial charge on any atom is 0.343 e. The maximum absolute atomic E-state index is 13.2. The van der Waals surface area contributed by atoms with Crippen LogP contribution in [0.1, 0.15) is 15.9 Å². The Bertz CT molecular complexity index is 1230. The van der Waals surface area contributed by atoms with E-state index in [2.05, 4.69) is 0 Å². The molecule has 28 heavy (non-hydrogen) atoms. The van der Waals surface area contributed by atoms with Crippen LogP contribution in [0.2, 0.25) is 5.02 Å². The first-order valence-corrected chi connectivity index (χ1v) is 9.02. The third kappa shape index (κ3) is 3.30. The Kier molecular flexibility index (Phi) is 4.72. The molecule has 0 spiro atoms. The lowest BCUT2D eigenvalue weighted by molar-refractivity contribution is 0.0731. The van der Waals surface area contributed by atoms with E-state index in [9.17, 15) is 9.59 Å². The molecule has 0 atom stereocenters. The van der Waals surface area contributed by atoms with Crippen LogP contribution in [0.4, 0.5) is 0 Å². The van der Waals surface area contributed by atoms with E-state index in [1.807, 2.05) is 25.1 Å². The Hall–Kier alpha value is -3.37. The first-order chi connectivity index (χ1) is 13.5. The standard InChI is InChI=1S/C23H15ClO4/c1-14-12-19-17(13-18(14)24)20(25)22(21(27-19)15-8-4-2-5-9-15)28-23(26)16-10-6-3-7-11-16/h2-13H,1H3. The first kappa shape index (κ1) is 18.0. The van der Waals surface area contributed by atoms with E-state index in [-0.39, 0.29) is 16.9 Å². The Morgan fingerprint density at radius 1 is 0.964 bits per heavy atom. The van der Waals surface area contributed by atoms with Gasteiger partial charge in [0.1, 0.15) is 5.58 Å². The summed E-state index contributed by atoms with van der Waals surface area (Å²) in [5, 5.41) is 0.693. The van der Waals surface area contributed by atoms with E-state index in [0.717, 1.165) is 5.56 Å². The second kappa shape index (κ2) is 7.33. The summed E-state index contributed by atoms with van der Waals surface area (Å²) in [4.78, 5) is 25.7. The molecule has 0 aliphatic heterocycles. The van der Waals surface area contributed by atoms with Crippen molar-refractivity contribution in [2.45, 2.75) is 6.92 Å². The van der Waals surface area contributed by atoms with Gasteiger partial charge in [-0.2, -0.15) is 0 Å². The van der Waals surface area contributed by atoms with Gasteiger partial charge >= 0.3 is 5.97 Å². The molecule has 0 amide bonds. The van der Waals surface area contributed by atoms with Crippen molar-refractivity contribution in [3.05, 3.63) is 99.2 Å². The van der Waals surface area contributed by atoms with Crippen LogP contribution in [0.3, 0.4) is 0 Å². The zero-order valence-corrected chi connectivity index (χ0v) is 15.7. The molecule has 3 aromatic carbocycles. The van der Waals surface area contributed by atoms with Crippen LogP contribution in [0, 0.1) is 6.92 Å². The fraction of sp³-hybridized carbons (Fsp3) is 0.0435. The Morgan fingerprint density at radius 2 is 1.61 bits per heavy atom. The number of rotatable bonds is 3. The summed E-state index contributed by atoms with van der Waals surface area (Å²) >= 11 is 6.18. The lowest BCUT2D eigenvalue weighted by atomic mass is 10.1. The van der Waals surface area contributed by atoms with Crippen LogP contribution in [0.5, 0.6) is 5.75 Å². The third-order valence-corrected chi connectivity index (χ3v) is 4.78. The first-order valence-electron chi connectivity index (χ1n) is 8.64. The number of carbonyl (C=O) groups is 1. The number of hydrogen-bond acceptors (Lipinski definition) is 4. The molecule has 4 aromatic rings. The SMILES string of the molecule is Cc1cc2oc(-c3ccccc3)c(OC(=O)c3ccccc3)c(=O)c2cc1Cl. The van der Waals surface area contributed by atoms with Gasteiger partial charge in [-0.1, -0.05) is 60.1 Å². The predicted molar refractivity (Wildman–Crippen MR) is 109 cm³/mol. The van der Waals surface area contributed by atoms with Crippen LogP contribution < -0.4 is 10.2 Å². The van der Waals surface area contributed by atoms with Gasteiger partial charge in [0.15, 0.2) is 5.76 Å². The van der Waals surface area contributed by atoms with Crippen molar-refractivity contribution >= 4 is 28.5 Å². The average Bonchev–Trinajstić information content (AvgIpc) is 2.72. The van der Waals surface area contributed by atoms with E-state index < -0.39 is 11.4 Å². The number of halogens is 1. The van der Waals surface area contributed by atoms with Gasteiger partial charge in [0.2, 0.25) is 11.2 Å². The zero-order valence-electron chi connectivity index (χ0n) is 14.9. The number of ether oxygens (including phenoxy) is 1. The van der Waals surface area contributed by atoms with Crippen molar-refractivity contribution in [2.75, 3.05) is 0 Å². The number of aryl methyl sites for hydroxylation is 1. The summed E-state index contributed by atoms with van der Waals surface area (Å²) in [6.07, 6.45) is 0. The van der Waals surface area contributed by atoms with Gasteiger partial charge in [0.05, 0.1) is 10.9 Å². The van der Waals surface area contributed by atoms with E-state index in [1.54, 1.807) is 48.5 Å². The highest BCUT2D eigenvalue weighted by Gasteiger charge is 2.21. The molecule has 0 radical (unpaired) electrons. The number of fused-ring (bicyclic) bond motifs is 1. The molecule has 4 rings (SSSR count). The topological polar surface area (TPSA) is 56.5 Å². The van der Waals surface area contributed by atoms with Crippen molar-refractivity contribution in [2.24, 2.45) is 0 Å². The van der Waals surface area contributed by atoms with E-state index >= 15 is 0 Å². The lowest BCUT2D eigenvalue weighted by Crippen LogP contribution is -2.16. The minimum absolute atomic E-state index is 0.160. The van der Waals surface area contributed by atoms with Gasteiger partial charge in [0, 0.05) is 10.6 Å². The van der Waals surface area contributed by atoms with Crippen LogP contribution in [-0.4, -0.2) is 5.97 Å². The van der Waals surface area contributed by atoms with Crippen molar-refractivity contribution in [3.8, 4) is 17.1 Å². The van der Waals surface area contributed by atoms with Crippen LogP contribution in [0.15, 0.2) is 82.0 Å². The fourth-order valence-corrected chi connectivity index (χ4v) is 3.06. The molecule has 0 aliphatic carbocycles. The second-order valence-corrected chi connectivity index (χ2v) is 6.72. The summed E-state index contributed by atoms with van der Waals surface area (Å²) in [6, 6.07) is 20.8. The predicted octanol–water partition coefficient (Wildman–Crippen LogP) is 5.64. The van der Waals surface area contributed by atoms with Gasteiger partial charge < -0.3 is 9.15 Å². The molecule has 0 N–H and O–H groups in total. The van der Waals surface area contributed by atoms with Gasteiger partial charge in [-0.05, 0) is 36.8 Å². The molecule has 0 aliphatic rings. The summed E-state index contributed by atoms with van der Waals surface area (Å²) < 4.78 is 11.5. The molecular formula is C23H15ClO4. The van der Waals surface area contributed by atoms with Crippen molar-refractivity contribution in [1.29, 1.82) is 0 Å². The molecule has 0 saturated carbocycles. The van der Waals surface area contributed by atoms with Gasteiger partial charge in [-0.25, -0.2) is 4.79 Å². The summed E-state index contributed by atoms with van der Waals surface area (Å²) in [5.74, 6) is -0.598. The molecule has 1 heterocycles. The molecular weight excluding hydrogens is 376 g/mol. The smallest absolute Gasteiger partial charge is 0.343 e. The van der Waals surface area contributed by atoms with Gasteiger partial charge in [-0.15, -0.1) is 0 Å². The van der Waals surface area contributed by atoms with Crippen LogP contribution in [0.25, 0.3) is 22.3 Å². The lowest BCUT2D eigenvalue weighted by Gasteiger charge is -2.11. The fourth-order valence-electron chi connectivity index (χ4n) is 2.90. The quantitative estimate of drug-likeness (QED) is 0.425. The molecule has 0 unspecified atom stereocenters. The number of benzene rings is 3. The van der Waals surface area contributed by atoms with Crippen LogP contribution in [-0.2, 0) is 0 Å². The molecule has 138 valence electrons. The minimum Gasteiger partial charge on any atom is -0.452 e. The van der Waals surface area contributed by atoms with Crippen molar-refractivity contribution in [3.63, 3.8) is 0 Å². The summed E-state index contributed by atoms with van der Waals surface area (Å²) in [7, 11) is 0. The number of hydrogen-bond donors (Lipinski definition) is 0. The molecule has 0 saturated heterocycles. The maximum atomic E-state index is 13.2.